The van der Waals surface area contributed by atoms with Gasteiger partial charge in [0.25, 0.3) is 0 Å². The Bertz CT molecular complexity index is 732. The van der Waals surface area contributed by atoms with Gasteiger partial charge in [0.05, 0.1) is 12.3 Å². The summed E-state index contributed by atoms with van der Waals surface area (Å²) >= 11 is 0. The van der Waals surface area contributed by atoms with E-state index in [1.54, 1.807) is 6.20 Å². The van der Waals surface area contributed by atoms with E-state index in [2.05, 4.69) is 44.6 Å². The van der Waals surface area contributed by atoms with Gasteiger partial charge in [-0.05, 0) is 43.0 Å². The van der Waals surface area contributed by atoms with Gasteiger partial charge < -0.3 is 15.0 Å². The Labute approximate surface area is 154 Å². The number of likely N-dealkylation sites (tertiary alicyclic amines) is 1. The first-order chi connectivity index (χ1) is 12.8. The highest BCUT2D eigenvalue weighted by Gasteiger charge is 2.42. The fourth-order valence-corrected chi connectivity index (χ4v) is 3.98. The van der Waals surface area contributed by atoms with Crippen LogP contribution in [-0.4, -0.2) is 60.5 Å². The monoisotopic (exact) mass is 353 g/mol. The van der Waals surface area contributed by atoms with E-state index in [0.29, 0.717) is 5.41 Å². The quantitative estimate of drug-likeness (QED) is 0.676. The van der Waals surface area contributed by atoms with Gasteiger partial charge in [-0.3, -0.25) is 4.99 Å². The fourth-order valence-electron chi connectivity index (χ4n) is 3.98. The Morgan fingerprint density at radius 1 is 1.31 bits per heavy atom. The first-order valence-electron chi connectivity index (χ1n) is 9.40. The lowest BCUT2D eigenvalue weighted by Gasteiger charge is -2.25. The molecule has 26 heavy (non-hydrogen) atoms. The van der Waals surface area contributed by atoms with Crippen molar-refractivity contribution in [2.24, 2.45) is 10.4 Å². The van der Waals surface area contributed by atoms with Crippen LogP contribution in [0.1, 0.15) is 18.4 Å². The number of guanidine groups is 1. The summed E-state index contributed by atoms with van der Waals surface area (Å²) < 4.78 is 7.50. The van der Waals surface area contributed by atoms with Gasteiger partial charge in [-0.25, -0.2) is 4.68 Å². The predicted molar refractivity (Wildman–Crippen MR) is 103 cm³/mol. The lowest BCUT2D eigenvalue weighted by molar-refractivity contribution is 0.156. The van der Waals surface area contributed by atoms with Crippen LogP contribution < -0.4 is 5.32 Å². The number of rotatable bonds is 4. The van der Waals surface area contributed by atoms with E-state index >= 15 is 0 Å². The minimum absolute atomic E-state index is 0.361. The maximum atomic E-state index is 5.63. The topological polar surface area (TPSA) is 54.7 Å². The highest BCUT2D eigenvalue weighted by molar-refractivity contribution is 5.80. The van der Waals surface area contributed by atoms with Crippen molar-refractivity contribution >= 4 is 5.96 Å². The summed E-state index contributed by atoms with van der Waals surface area (Å²) in [5, 5.41) is 7.79. The third kappa shape index (κ3) is 3.60. The van der Waals surface area contributed by atoms with E-state index in [0.717, 1.165) is 50.9 Å². The van der Waals surface area contributed by atoms with Crippen molar-refractivity contribution in [2.45, 2.75) is 19.3 Å². The molecule has 1 N–H and O–H groups in total. The van der Waals surface area contributed by atoms with Crippen molar-refractivity contribution in [3.63, 3.8) is 0 Å². The molecule has 2 aliphatic rings. The van der Waals surface area contributed by atoms with Gasteiger partial charge in [0.2, 0.25) is 0 Å². The molecule has 4 rings (SSSR count). The normalized spacial score (nSPS) is 23.1. The Morgan fingerprint density at radius 2 is 2.19 bits per heavy atom. The third-order valence-corrected chi connectivity index (χ3v) is 5.54. The van der Waals surface area contributed by atoms with Gasteiger partial charge >= 0.3 is 0 Å². The molecule has 2 aromatic rings. The van der Waals surface area contributed by atoms with Crippen molar-refractivity contribution < 1.29 is 4.74 Å². The largest absolute Gasteiger partial charge is 0.381 e. The smallest absolute Gasteiger partial charge is 0.193 e. The second-order valence-electron chi connectivity index (χ2n) is 7.32. The van der Waals surface area contributed by atoms with E-state index in [-0.39, 0.29) is 0 Å². The molecule has 2 fully saturated rings. The van der Waals surface area contributed by atoms with Gasteiger partial charge in [-0.2, -0.15) is 5.10 Å². The fraction of sp³-hybridized carbons (Fsp3) is 0.500. The van der Waals surface area contributed by atoms with Crippen LogP contribution in [0.15, 0.2) is 47.7 Å². The number of nitrogens with zero attached hydrogens (tertiary/aromatic N) is 4. The minimum Gasteiger partial charge on any atom is -0.381 e. The summed E-state index contributed by atoms with van der Waals surface area (Å²) in [5.41, 5.74) is 2.76. The Morgan fingerprint density at radius 3 is 2.88 bits per heavy atom. The molecule has 0 radical (unpaired) electrons. The van der Waals surface area contributed by atoms with Gasteiger partial charge in [0, 0.05) is 51.1 Å². The molecule has 6 heteroatoms. The minimum atomic E-state index is 0.361. The summed E-state index contributed by atoms with van der Waals surface area (Å²) in [6.45, 7) is 4.83. The Hall–Kier alpha value is -2.34. The average Bonchev–Trinajstić information content (AvgIpc) is 3.43. The number of benzene rings is 1. The maximum Gasteiger partial charge on any atom is 0.193 e. The SMILES string of the molecule is CN=C(NCCc1ccc(-n2cccn2)cc1)N1CCC2(CCOC2)C1. The zero-order valence-corrected chi connectivity index (χ0v) is 15.4. The molecule has 1 aromatic heterocycles. The Balaban J connectivity index is 1.28. The average molecular weight is 353 g/mol. The number of hydrogen-bond acceptors (Lipinski definition) is 3. The highest BCUT2D eigenvalue weighted by atomic mass is 16.5. The maximum absolute atomic E-state index is 5.63. The molecular weight excluding hydrogens is 326 g/mol. The molecule has 0 bridgehead atoms. The van der Waals surface area contributed by atoms with E-state index in [4.69, 9.17) is 4.74 Å². The van der Waals surface area contributed by atoms with E-state index < -0.39 is 0 Å². The third-order valence-electron chi connectivity index (χ3n) is 5.54. The van der Waals surface area contributed by atoms with Crippen LogP contribution in [0.5, 0.6) is 0 Å². The summed E-state index contributed by atoms with van der Waals surface area (Å²) in [4.78, 5) is 6.87. The van der Waals surface area contributed by atoms with Gasteiger partial charge in [0.15, 0.2) is 5.96 Å². The summed E-state index contributed by atoms with van der Waals surface area (Å²) in [6, 6.07) is 10.5. The molecule has 138 valence electrons. The molecule has 6 nitrogen and oxygen atoms in total. The van der Waals surface area contributed by atoms with Crippen molar-refractivity contribution in [2.75, 3.05) is 39.9 Å². The van der Waals surface area contributed by atoms with Crippen LogP contribution in [0.25, 0.3) is 5.69 Å². The zero-order valence-electron chi connectivity index (χ0n) is 15.4. The standard InChI is InChI=1S/C20H27N5O/c1-21-19(24-13-8-20(15-24)9-14-26-16-20)22-11-7-17-3-5-18(6-4-17)25-12-2-10-23-25/h2-6,10,12H,7-9,11,13-16H2,1H3,(H,21,22). The first-order valence-corrected chi connectivity index (χ1v) is 9.40. The van der Waals surface area contributed by atoms with Crippen molar-refractivity contribution in [1.82, 2.24) is 20.0 Å². The van der Waals surface area contributed by atoms with Crippen molar-refractivity contribution in [3.05, 3.63) is 48.3 Å². The zero-order chi connectivity index (χ0) is 17.8. The van der Waals surface area contributed by atoms with E-state index in [1.165, 1.54) is 18.4 Å². The lowest BCUT2D eigenvalue weighted by atomic mass is 9.87. The molecule has 3 heterocycles. The molecule has 2 aliphatic heterocycles. The second kappa shape index (κ2) is 7.50. The first kappa shape index (κ1) is 17.1. The number of hydrogen-bond donors (Lipinski definition) is 1. The van der Waals surface area contributed by atoms with Crippen LogP contribution in [0.2, 0.25) is 0 Å². The summed E-state index contributed by atoms with van der Waals surface area (Å²) in [6.07, 6.45) is 7.12. The lowest BCUT2D eigenvalue weighted by Crippen LogP contribution is -2.42. The van der Waals surface area contributed by atoms with Gasteiger partial charge in [0.1, 0.15) is 0 Å². The molecule has 1 atom stereocenters. The number of aliphatic imine (C=N–C) groups is 1. The van der Waals surface area contributed by atoms with Crippen LogP contribution in [0.4, 0.5) is 0 Å². The highest BCUT2D eigenvalue weighted by Crippen LogP contribution is 2.38. The van der Waals surface area contributed by atoms with E-state index in [1.807, 2.05) is 24.0 Å². The molecule has 2 saturated heterocycles. The number of aromatic nitrogens is 2. The second-order valence-corrected chi connectivity index (χ2v) is 7.32. The number of ether oxygens (including phenoxy) is 1. The molecule has 1 unspecified atom stereocenters. The van der Waals surface area contributed by atoms with Gasteiger partial charge in [-0.1, -0.05) is 12.1 Å². The summed E-state index contributed by atoms with van der Waals surface area (Å²) in [5.74, 6) is 1.02. The van der Waals surface area contributed by atoms with Crippen molar-refractivity contribution in [3.8, 4) is 5.69 Å². The predicted octanol–water partition coefficient (Wildman–Crippen LogP) is 2.10. The van der Waals surface area contributed by atoms with Crippen LogP contribution in [0.3, 0.4) is 0 Å². The molecule has 0 aliphatic carbocycles. The molecule has 1 spiro atoms. The van der Waals surface area contributed by atoms with Crippen molar-refractivity contribution in [1.29, 1.82) is 0 Å². The van der Waals surface area contributed by atoms with Crippen LogP contribution in [0, 0.1) is 5.41 Å². The van der Waals surface area contributed by atoms with Crippen LogP contribution >= 0.6 is 0 Å². The van der Waals surface area contributed by atoms with E-state index in [9.17, 15) is 0 Å². The van der Waals surface area contributed by atoms with Crippen LogP contribution in [-0.2, 0) is 11.2 Å². The number of nitrogens with one attached hydrogen (secondary N) is 1. The Kier molecular flexibility index (Phi) is 4.93. The molecular formula is C20H27N5O. The molecule has 1 aromatic carbocycles. The summed E-state index contributed by atoms with van der Waals surface area (Å²) in [7, 11) is 1.87. The molecule has 0 saturated carbocycles. The molecule has 0 amide bonds. The van der Waals surface area contributed by atoms with Gasteiger partial charge in [-0.15, -0.1) is 0 Å².